The number of nitrogens with zero attached hydrogens (tertiary/aromatic N) is 5. The predicted molar refractivity (Wildman–Crippen MR) is 256 cm³/mol. The van der Waals surface area contributed by atoms with E-state index in [1.165, 1.54) is 11.0 Å². The van der Waals surface area contributed by atoms with Gasteiger partial charge in [0.05, 0.1) is 0 Å². The summed E-state index contributed by atoms with van der Waals surface area (Å²) in [6.07, 6.45) is 4.19. The average Bonchev–Trinajstić information content (AvgIpc) is 3.89. The molecule has 0 spiro atoms. The van der Waals surface area contributed by atoms with Crippen molar-refractivity contribution in [2.75, 3.05) is 21.7 Å². The minimum atomic E-state index is -0.0581. The van der Waals surface area contributed by atoms with Gasteiger partial charge >= 0.3 is 6.85 Å². The topological polar surface area (TPSA) is 36.8 Å². The molecule has 0 saturated heterocycles. The number of para-hydroxylation sites is 2. The van der Waals surface area contributed by atoms with Crippen LogP contribution in [0.1, 0.15) is 26.3 Å². The molecule has 7 aromatic carbocycles. The molecular weight excluding hydrogens is 953 g/mol. The molecule has 0 unspecified atom stereocenters. The molecule has 310 valence electrons. The molecule has 0 radical (unpaired) electrons. The minimum Gasteiger partial charge on any atom is -0.509 e. The summed E-state index contributed by atoms with van der Waals surface area (Å²) in [5.41, 5.74) is 13.1. The number of hydrogen-bond donors (Lipinski definition) is 0. The molecule has 0 amide bonds. The first-order valence-electron chi connectivity index (χ1n) is 21.1. The number of anilines is 3. The molecule has 11 rings (SSSR count). The fourth-order valence-corrected chi connectivity index (χ4v) is 9.11. The fraction of sp³-hybridized carbons (Fsp3) is 0.0909. The van der Waals surface area contributed by atoms with E-state index >= 15 is 0 Å². The Morgan fingerprint density at radius 1 is 0.651 bits per heavy atom. The molecule has 2 aliphatic heterocycles. The maximum Gasteiger partial charge on any atom is 0.327 e. The monoisotopic (exact) mass is 995 g/mol. The van der Waals surface area contributed by atoms with Gasteiger partial charge in [0.25, 0.3) is 0 Å². The van der Waals surface area contributed by atoms with Crippen LogP contribution in [-0.4, -0.2) is 23.4 Å². The first kappa shape index (κ1) is 40.3. The first-order chi connectivity index (χ1) is 30.3. The van der Waals surface area contributed by atoms with Crippen molar-refractivity contribution in [3.8, 4) is 39.6 Å². The van der Waals surface area contributed by atoms with Gasteiger partial charge < -0.3 is 23.9 Å². The van der Waals surface area contributed by atoms with Crippen LogP contribution in [0, 0.1) is 18.8 Å². The Morgan fingerprint density at radius 3 is 1.98 bits per heavy atom. The predicted octanol–water partition coefficient (Wildman–Crippen LogP) is 12.4. The Kier molecular flexibility index (Phi) is 10.3. The van der Waals surface area contributed by atoms with E-state index in [0.29, 0.717) is 11.5 Å². The largest absolute Gasteiger partial charge is 0.509 e. The van der Waals surface area contributed by atoms with E-state index in [0.717, 1.165) is 72.5 Å². The summed E-state index contributed by atoms with van der Waals surface area (Å²) in [6, 6.07) is 67.0. The summed E-state index contributed by atoms with van der Waals surface area (Å²) >= 11 is 0. The smallest absolute Gasteiger partial charge is 0.327 e. The molecule has 2 aliphatic rings. The molecule has 0 N–H and O–H groups in total. The summed E-state index contributed by atoms with van der Waals surface area (Å²) in [4.78, 5) is 11.8. The van der Waals surface area contributed by atoms with E-state index < -0.39 is 0 Å². The van der Waals surface area contributed by atoms with Crippen molar-refractivity contribution in [1.82, 2.24) is 9.55 Å². The summed E-state index contributed by atoms with van der Waals surface area (Å²) < 4.78 is 8.94. The Bertz CT molecular complexity index is 3110. The van der Waals surface area contributed by atoms with E-state index in [1.54, 1.807) is 0 Å². The molecule has 0 saturated carbocycles. The zero-order valence-electron chi connectivity index (χ0n) is 35.4. The Balaban J connectivity index is 0.00000471. The van der Waals surface area contributed by atoms with E-state index in [9.17, 15) is 0 Å². The maximum atomic E-state index is 6.74. The molecule has 8 heteroatoms. The van der Waals surface area contributed by atoms with Gasteiger partial charge in [-0.15, -0.1) is 42.4 Å². The number of pyridine rings is 1. The quantitative estimate of drug-likeness (QED) is 0.117. The second-order valence-corrected chi connectivity index (χ2v) is 17.1. The van der Waals surface area contributed by atoms with E-state index in [4.69, 9.17) is 9.72 Å². The van der Waals surface area contributed by atoms with E-state index in [-0.39, 0.29) is 33.3 Å². The van der Waals surface area contributed by atoms with Crippen LogP contribution in [-0.2, 0) is 26.5 Å². The van der Waals surface area contributed by atoms with Gasteiger partial charge in [-0.25, -0.2) is 4.98 Å². The number of hydrogen-bond acceptors (Lipinski definition) is 5. The molecule has 0 aliphatic carbocycles. The molecule has 0 bridgehead atoms. The second-order valence-electron chi connectivity index (χ2n) is 17.1. The van der Waals surface area contributed by atoms with Gasteiger partial charge in [0.15, 0.2) is 0 Å². The van der Waals surface area contributed by atoms with Crippen LogP contribution < -0.4 is 24.8 Å². The van der Waals surface area contributed by atoms with Crippen molar-refractivity contribution < 1.29 is 25.8 Å². The third-order valence-electron chi connectivity index (χ3n) is 12.2. The normalized spacial score (nSPS) is 13.5. The Morgan fingerprint density at radius 2 is 1.29 bits per heavy atom. The minimum absolute atomic E-state index is 0. The third kappa shape index (κ3) is 7.11. The molecule has 4 heterocycles. The zero-order valence-corrected chi connectivity index (χ0v) is 37.7. The number of benzene rings is 7. The van der Waals surface area contributed by atoms with Crippen LogP contribution in [0.15, 0.2) is 188 Å². The number of aromatic nitrogens is 2. The third-order valence-corrected chi connectivity index (χ3v) is 12.2. The van der Waals surface area contributed by atoms with Crippen LogP contribution in [0.5, 0.6) is 11.5 Å². The summed E-state index contributed by atoms with van der Waals surface area (Å²) in [5, 5.41) is 2.23. The second kappa shape index (κ2) is 16.1. The summed E-state index contributed by atoms with van der Waals surface area (Å²) in [5.74, 6) is 2.05. The van der Waals surface area contributed by atoms with Crippen LogP contribution in [0.3, 0.4) is 0 Å². The molecule has 6 nitrogen and oxygen atoms in total. The van der Waals surface area contributed by atoms with E-state index in [1.807, 2.05) is 18.3 Å². The van der Waals surface area contributed by atoms with Gasteiger partial charge in [-0.1, -0.05) is 171 Å². The van der Waals surface area contributed by atoms with Crippen LogP contribution >= 0.6 is 0 Å². The Labute approximate surface area is 384 Å². The molecular formula is C55H43BN5OPt-3. The standard InChI is InChI=1S/C55H43BN5O.Pt/c1-55(2,3)40-31-32-57-53(33-40)61-48-26-15-14-23-46(48)47-29-27-42(34-50(47)61)62-43-28-30-49-51(35-43)60-37-59(36-52(60)56(58(49)4)41-21-12-7-13-22-41)54-44(38-17-8-5-9-18-38)24-16-25-45(54)39-19-10-6-11-20-39;/h5-33,36-37H,1-4H3;/q-3;. The molecule has 2 aromatic heterocycles. The van der Waals surface area contributed by atoms with Gasteiger partial charge in [-0.3, -0.25) is 0 Å². The van der Waals surface area contributed by atoms with Crippen molar-refractivity contribution in [2.24, 2.45) is 0 Å². The summed E-state index contributed by atoms with van der Waals surface area (Å²) in [6.45, 7) is 8.84. The van der Waals surface area contributed by atoms with Crippen molar-refractivity contribution in [2.45, 2.75) is 26.2 Å². The van der Waals surface area contributed by atoms with E-state index in [2.05, 4.69) is 230 Å². The van der Waals surface area contributed by atoms with Crippen molar-refractivity contribution >= 4 is 51.2 Å². The van der Waals surface area contributed by atoms with Crippen molar-refractivity contribution in [1.29, 1.82) is 0 Å². The molecule has 9 aromatic rings. The molecule has 63 heavy (non-hydrogen) atoms. The average molecular weight is 996 g/mol. The van der Waals surface area contributed by atoms with Gasteiger partial charge in [-0.2, -0.15) is 6.07 Å². The van der Waals surface area contributed by atoms with Crippen LogP contribution in [0.4, 0.5) is 17.1 Å². The number of ether oxygens (including phenoxy) is 1. The van der Waals surface area contributed by atoms with Crippen LogP contribution in [0.2, 0.25) is 0 Å². The molecule has 0 atom stereocenters. The van der Waals surface area contributed by atoms with Crippen LogP contribution in [0.25, 0.3) is 49.9 Å². The number of fused-ring (bicyclic) bond motifs is 6. The summed E-state index contributed by atoms with van der Waals surface area (Å²) in [7, 11) is 2.17. The zero-order chi connectivity index (χ0) is 42.0. The Hall–Kier alpha value is -6.82. The number of rotatable bonds is 7. The van der Waals surface area contributed by atoms with Gasteiger partial charge in [0.1, 0.15) is 5.82 Å². The van der Waals surface area contributed by atoms with Crippen molar-refractivity contribution in [3.63, 3.8) is 0 Å². The van der Waals surface area contributed by atoms with Gasteiger partial charge in [0.2, 0.25) is 0 Å². The SMILES string of the molecule is CN1B(c2ccccc2)C2=CN(c3c(-c4ccccc4)cccc3-c3ccccc3)[CH-]N2c2[c-]c(Oc3[c-]c4c(cc3)c3ccccc3n4-c3cc(C(C)(C)C)ccn3)ccc21.[Pt]. The first-order valence-corrected chi connectivity index (χ1v) is 21.1. The van der Waals surface area contributed by atoms with Gasteiger partial charge in [-0.05, 0) is 64.5 Å². The maximum absolute atomic E-state index is 6.74. The van der Waals surface area contributed by atoms with Gasteiger partial charge in [0, 0.05) is 61.1 Å². The fourth-order valence-electron chi connectivity index (χ4n) is 9.11. The van der Waals surface area contributed by atoms with Crippen molar-refractivity contribution in [3.05, 3.63) is 212 Å². The molecule has 0 fully saturated rings.